The van der Waals surface area contributed by atoms with Gasteiger partial charge in [-0.2, -0.15) is 0 Å². The topological polar surface area (TPSA) is 58.1 Å². The van der Waals surface area contributed by atoms with Crippen molar-refractivity contribution in [3.63, 3.8) is 0 Å². The van der Waals surface area contributed by atoms with Gasteiger partial charge in [-0.15, -0.1) is 24.0 Å². The Bertz CT molecular complexity index is 306. The third-order valence-corrected chi connectivity index (χ3v) is 4.02. The summed E-state index contributed by atoms with van der Waals surface area (Å²) in [6.45, 7) is 8.57. The lowest BCUT2D eigenvalue weighted by Gasteiger charge is -2.25. The predicted molar refractivity (Wildman–Crippen MR) is 107 cm³/mol. The predicted octanol–water partition coefficient (Wildman–Crippen LogP) is 1.70. The second kappa shape index (κ2) is 15.4. The molecule has 1 aliphatic heterocycles. The van der Waals surface area contributed by atoms with Crippen LogP contribution in [-0.2, 0) is 9.47 Å². The van der Waals surface area contributed by atoms with E-state index in [1.807, 2.05) is 14.0 Å². The Kier molecular flexibility index (Phi) is 15.3. The third kappa shape index (κ3) is 10.4. The summed E-state index contributed by atoms with van der Waals surface area (Å²) in [5.41, 5.74) is 0. The highest BCUT2D eigenvalue weighted by atomic mass is 127. The van der Waals surface area contributed by atoms with E-state index >= 15 is 0 Å². The van der Waals surface area contributed by atoms with Gasteiger partial charge in [0.15, 0.2) is 5.96 Å². The molecule has 1 atom stereocenters. The van der Waals surface area contributed by atoms with Gasteiger partial charge >= 0.3 is 0 Å². The third-order valence-electron chi connectivity index (χ3n) is 4.02. The number of methoxy groups -OCH3 is 1. The van der Waals surface area contributed by atoms with Gasteiger partial charge in [-0.25, -0.2) is 0 Å². The van der Waals surface area contributed by atoms with E-state index in [1.165, 1.54) is 19.4 Å². The van der Waals surface area contributed by atoms with Crippen molar-refractivity contribution in [1.82, 2.24) is 15.5 Å². The second-order valence-electron chi connectivity index (χ2n) is 5.61. The molecule has 138 valence electrons. The first kappa shape index (κ1) is 22.9. The standard InChI is InChI=1S/C16H34N4O2.HI/c1-4-22-12-6-5-9-18-16(17-2)19-14-15-8-7-10-20(15)11-13-21-3;/h15H,4-14H2,1-3H3,(H2,17,18,19);1H. The number of unbranched alkanes of at least 4 members (excludes halogenated alkanes) is 1. The Morgan fingerprint density at radius 3 is 2.78 bits per heavy atom. The van der Waals surface area contributed by atoms with Crippen molar-refractivity contribution in [3.05, 3.63) is 0 Å². The minimum atomic E-state index is 0. The molecule has 1 unspecified atom stereocenters. The van der Waals surface area contributed by atoms with Crippen molar-refractivity contribution in [2.45, 2.75) is 38.6 Å². The number of ether oxygens (including phenoxy) is 2. The average molecular weight is 442 g/mol. The van der Waals surface area contributed by atoms with Crippen LogP contribution in [0.25, 0.3) is 0 Å². The Balaban J connectivity index is 0.00000484. The molecule has 1 saturated heterocycles. The molecule has 0 radical (unpaired) electrons. The van der Waals surface area contributed by atoms with Crippen LogP contribution in [-0.4, -0.2) is 77.1 Å². The first-order valence-electron chi connectivity index (χ1n) is 8.57. The zero-order valence-electron chi connectivity index (χ0n) is 15.0. The van der Waals surface area contributed by atoms with E-state index in [0.717, 1.165) is 58.3 Å². The van der Waals surface area contributed by atoms with Gasteiger partial charge in [0, 0.05) is 53.0 Å². The summed E-state index contributed by atoms with van der Waals surface area (Å²) in [6.07, 6.45) is 4.72. The fourth-order valence-electron chi connectivity index (χ4n) is 2.74. The zero-order chi connectivity index (χ0) is 16.0. The van der Waals surface area contributed by atoms with E-state index < -0.39 is 0 Å². The molecule has 6 nitrogen and oxygen atoms in total. The summed E-state index contributed by atoms with van der Waals surface area (Å²) >= 11 is 0. The van der Waals surface area contributed by atoms with E-state index in [-0.39, 0.29) is 24.0 Å². The summed E-state index contributed by atoms with van der Waals surface area (Å²) < 4.78 is 10.5. The SMILES string of the molecule is CCOCCCCNC(=NC)NCC1CCCN1CCOC.I. The van der Waals surface area contributed by atoms with E-state index in [2.05, 4.69) is 20.5 Å². The van der Waals surface area contributed by atoms with Crippen LogP contribution in [0, 0.1) is 0 Å². The van der Waals surface area contributed by atoms with Gasteiger partial charge in [0.1, 0.15) is 0 Å². The molecule has 7 heteroatoms. The van der Waals surface area contributed by atoms with Gasteiger partial charge in [0.25, 0.3) is 0 Å². The summed E-state index contributed by atoms with van der Waals surface area (Å²) in [5.74, 6) is 0.898. The van der Waals surface area contributed by atoms with Crippen molar-refractivity contribution >= 4 is 29.9 Å². The number of nitrogens with one attached hydrogen (secondary N) is 2. The fourth-order valence-corrected chi connectivity index (χ4v) is 2.74. The number of aliphatic imine (C=N–C) groups is 1. The number of halogens is 1. The van der Waals surface area contributed by atoms with E-state index in [0.29, 0.717) is 6.04 Å². The Morgan fingerprint density at radius 2 is 2.09 bits per heavy atom. The molecule has 1 aliphatic rings. The number of nitrogens with zero attached hydrogens (tertiary/aromatic N) is 2. The maximum absolute atomic E-state index is 5.34. The molecule has 1 rings (SSSR count). The van der Waals surface area contributed by atoms with Gasteiger partial charge < -0.3 is 20.1 Å². The van der Waals surface area contributed by atoms with Crippen molar-refractivity contribution in [3.8, 4) is 0 Å². The van der Waals surface area contributed by atoms with Crippen LogP contribution in [0.5, 0.6) is 0 Å². The molecule has 2 N–H and O–H groups in total. The monoisotopic (exact) mass is 442 g/mol. The van der Waals surface area contributed by atoms with Gasteiger partial charge in [-0.1, -0.05) is 0 Å². The van der Waals surface area contributed by atoms with Crippen LogP contribution in [0.15, 0.2) is 4.99 Å². The second-order valence-corrected chi connectivity index (χ2v) is 5.61. The molecule has 0 spiro atoms. The maximum atomic E-state index is 5.34. The maximum Gasteiger partial charge on any atom is 0.191 e. The Hall–Kier alpha value is -0.120. The summed E-state index contributed by atoms with van der Waals surface area (Å²) in [7, 11) is 3.59. The Labute approximate surface area is 158 Å². The smallest absolute Gasteiger partial charge is 0.191 e. The number of likely N-dealkylation sites (tertiary alicyclic amines) is 1. The van der Waals surface area contributed by atoms with Crippen molar-refractivity contribution in [2.75, 3.05) is 60.2 Å². The summed E-state index contributed by atoms with van der Waals surface area (Å²) in [6, 6.07) is 0.589. The van der Waals surface area contributed by atoms with Gasteiger partial charge in [0.05, 0.1) is 6.61 Å². The minimum Gasteiger partial charge on any atom is -0.383 e. The van der Waals surface area contributed by atoms with Crippen molar-refractivity contribution in [2.24, 2.45) is 4.99 Å². The normalized spacial score (nSPS) is 18.7. The largest absolute Gasteiger partial charge is 0.383 e. The number of rotatable bonds is 11. The quantitative estimate of drug-likeness (QED) is 0.221. The van der Waals surface area contributed by atoms with Crippen LogP contribution >= 0.6 is 24.0 Å². The zero-order valence-corrected chi connectivity index (χ0v) is 17.3. The van der Waals surface area contributed by atoms with Crippen LogP contribution < -0.4 is 10.6 Å². The number of guanidine groups is 1. The first-order valence-corrected chi connectivity index (χ1v) is 8.57. The lowest BCUT2D eigenvalue weighted by atomic mass is 10.2. The highest BCUT2D eigenvalue weighted by Gasteiger charge is 2.23. The van der Waals surface area contributed by atoms with Crippen LogP contribution in [0.4, 0.5) is 0 Å². The number of hydrogen-bond acceptors (Lipinski definition) is 4. The van der Waals surface area contributed by atoms with Gasteiger partial charge in [-0.05, 0) is 39.2 Å². The average Bonchev–Trinajstić information content (AvgIpc) is 2.99. The summed E-state index contributed by atoms with van der Waals surface area (Å²) in [5, 5.41) is 6.81. The molecule has 0 amide bonds. The molecule has 0 aliphatic carbocycles. The molecule has 0 bridgehead atoms. The highest BCUT2D eigenvalue weighted by Crippen LogP contribution is 2.15. The fraction of sp³-hybridized carbons (Fsp3) is 0.938. The van der Waals surface area contributed by atoms with Gasteiger partial charge in [-0.3, -0.25) is 9.89 Å². The molecule has 0 aromatic heterocycles. The van der Waals surface area contributed by atoms with E-state index in [4.69, 9.17) is 9.47 Å². The molecular formula is C16H35IN4O2. The van der Waals surface area contributed by atoms with E-state index in [9.17, 15) is 0 Å². The lowest BCUT2D eigenvalue weighted by Crippen LogP contribution is -2.45. The van der Waals surface area contributed by atoms with Crippen molar-refractivity contribution < 1.29 is 9.47 Å². The molecule has 23 heavy (non-hydrogen) atoms. The Morgan fingerprint density at radius 1 is 1.26 bits per heavy atom. The molecular weight excluding hydrogens is 407 g/mol. The van der Waals surface area contributed by atoms with Crippen LogP contribution in [0.3, 0.4) is 0 Å². The minimum absolute atomic E-state index is 0. The highest BCUT2D eigenvalue weighted by molar-refractivity contribution is 14.0. The van der Waals surface area contributed by atoms with E-state index in [1.54, 1.807) is 7.11 Å². The number of hydrogen-bond donors (Lipinski definition) is 2. The molecule has 1 fully saturated rings. The van der Waals surface area contributed by atoms with Crippen LogP contribution in [0.1, 0.15) is 32.6 Å². The molecule has 0 aromatic carbocycles. The molecule has 1 heterocycles. The van der Waals surface area contributed by atoms with Crippen molar-refractivity contribution in [1.29, 1.82) is 0 Å². The molecule has 0 saturated carbocycles. The lowest BCUT2D eigenvalue weighted by molar-refractivity contribution is 0.141. The van der Waals surface area contributed by atoms with Gasteiger partial charge in [0.2, 0.25) is 0 Å². The molecule has 0 aromatic rings. The summed E-state index contributed by atoms with van der Waals surface area (Å²) in [4.78, 5) is 6.80. The van der Waals surface area contributed by atoms with Crippen LogP contribution in [0.2, 0.25) is 0 Å². The first-order chi connectivity index (χ1) is 10.8.